The molecule has 1 aromatic carbocycles. The van der Waals surface area contributed by atoms with Crippen LogP contribution in [0.15, 0.2) is 33.7 Å². The van der Waals surface area contributed by atoms with Crippen LogP contribution in [0.5, 0.6) is 0 Å². The second-order valence-electron chi connectivity index (χ2n) is 4.49. The lowest BCUT2D eigenvalue weighted by atomic mass is 10.1. The Balaban J connectivity index is 2.24. The third-order valence-electron chi connectivity index (χ3n) is 2.88. The number of hydrogen-bond acceptors (Lipinski definition) is 5. The molecule has 0 bridgehead atoms. The van der Waals surface area contributed by atoms with Crippen LogP contribution in [-0.2, 0) is 16.4 Å². The standard InChI is InChI=1S/C13H17N3O3S/c1-9-13(10(2)19-15-9)20(17,18)16-12-5-3-11(4-6-12)7-8-14/h3-6,16H,7-8,14H2,1-2H3. The van der Waals surface area contributed by atoms with E-state index in [1.165, 1.54) is 0 Å². The summed E-state index contributed by atoms with van der Waals surface area (Å²) in [5.41, 5.74) is 7.37. The van der Waals surface area contributed by atoms with Gasteiger partial charge in [0.1, 0.15) is 5.69 Å². The molecule has 1 aromatic heterocycles. The van der Waals surface area contributed by atoms with Gasteiger partial charge in [0, 0.05) is 5.69 Å². The smallest absolute Gasteiger partial charge is 0.267 e. The van der Waals surface area contributed by atoms with Crippen LogP contribution in [0.4, 0.5) is 5.69 Å². The Kier molecular flexibility index (Phi) is 4.10. The normalized spacial score (nSPS) is 11.6. The van der Waals surface area contributed by atoms with Gasteiger partial charge in [0.25, 0.3) is 10.0 Å². The summed E-state index contributed by atoms with van der Waals surface area (Å²) in [6, 6.07) is 7.11. The van der Waals surface area contributed by atoms with Crippen molar-refractivity contribution < 1.29 is 12.9 Å². The van der Waals surface area contributed by atoms with E-state index in [9.17, 15) is 8.42 Å². The summed E-state index contributed by atoms with van der Waals surface area (Å²) in [5.74, 6) is 0.273. The van der Waals surface area contributed by atoms with Crippen molar-refractivity contribution in [1.29, 1.82) is 0 Å². The summed E-state index contributed by atoms with van der Waals surface area (Å²) in [7, 11) is -3.69. The molecule has 1 heterocycles. The minimum atomic E-state index is -3.69. The maximum atomic E-state index is 12.3. The zero-order chi connectivity index (χ0) is 14.8. The largest absolute Gasteiger partial charge is 0.360 e. The van der Waals surface area contributed by atoms with Gasteiger partial charge >= 0.3 is 0 Å². The van der Waals surface area contributed by atoms with Crippen LogP contribution in [0.1, 0.15) is 17.0 Å². The maximum absolute atomic E-state index is 12.3. The number of nitrogens with one attached hydrogen (secondary N) is 1. The van der Waals surface area contributed by atoms with Gasteiger partial charge in [-0.1, -0.05) is 17.3 Å². The topological polar surface area (TPSA) is 98.2 Å². The lowest BCUT2D eigenvalue weighted by Gasteiger charge is -2.08. The number of hydrogen-bond donors (Lipinski definition) is 2. The first-order valence-corrected chi connectivity index (χ1v) is 7.67. The quantitative estimate of drug-likeness (QED) is 0.873. The van der Waals surface area contributed by atoms with Crippen LogP contribution in [-0.4, -0.2) is 20.1 Å². The molecule has 0 fully saturated rings. The van der Waals surface area contributed by atoms with E-state index in [2.05, 4.69) is 9.88 Å². The van der Waals surface area contributed by atoms with Gasteiger partial charge in [0.15, 0.2) is 10.7 Å². The Morgan fingerprint density at radius 1 is 1.25 bits per heavy atom. The van der Waals surface area contributed by atoms with Gasteiger partial charge in [-0.25, -0.2) is 8.42 Å². The van der Waals surface area contributed by atoms with E-state index in [0.717, 1.165) is 12.0 Å². The summed E-state index contributed by atoms with van der Waals surface area (Å²) in [4.78, 5) is 0.0866. The molecule has 0 aliphatic carbocycles. The molecule has 3 N–H and O–H groups in total. The minimum Gasteiger partial charge on any atom is -0.360 e. The average Bonchev–Trinajstić information content (AvgIpc) is 2.72. The molecule has 7 heteroatoms. The Bertz CT molecular complexity index is 671. The van der Waals surface area contributed by atoms with Crippen molar-refractivity contribution >= 4 is 15.7 Å². The number of rotatable bonds is 5. The molecule has 0 amide bonds. The van der Waals surface area contributed by atoms with Crippen LogP contribution in [0.2, 0.25) is 0 Å². The Labute approximate surface area is 118 Å². The third-order valence-corrected chi connectivity index (χ3v) is 4.50. The lowest BCUT2D eigenvalue weighted by Crippen LogP contribution is -2.14. The number of aryl methyl sites for hydroxylation is 2. The summed E-state index contributed by atoms with van der Waals surface area (Å²) in [6.07, 6.45) is 0.761. The Morgan fingerprint density at radius 3 is 2.40 bits per heavy atom. The third kappa shape index (κ3) is 3.00. The van der Waals surface area contributed by atoms with E-state index in [1.54, 1.807) is 26.0 Å². The summed E-state index contributed by atoms with van der Waals surface area (Å²) >= 11 is 0. The predicted octanol–water partition coefficient (Wildman–Crippen LogP) is 1.59. The Morgan fingerprint density at radius 2 is 1.90 bits per heavy atom. The molecule has 0 unspecified atom stereocenters. The van der Waals surface area contributed by atoms with Crippen molar-refractivity contribution in [2.24, 2.45) is 5.73 Å². The molecule has 0 atom stereocenters. The molecule has 108 valence electrons. The van der Waals surface area contributed by atoms with Crippen LogP contribution >= 0.6 is 0 Å². The van der Waals surface area contributed by atoms with Gasteiger partial charge in [-0.05, 0) is 44.5 Å². The van der Waals surface area contributed by atoms with Crippen LogP contribution < -0.4 is 10.5 Å². The first kappa shape index (κ1) is 14.5. The second-order valence-corrected chi connectivity index (χ2v) is 6.11. The van der Waals surface area contributed by atoms with Crippen molar-refractivity contribution in [3.05, 3.63) is 41.3 Å². The monoisotopic (exact) mass is 295 g/mol. The predicted molar refractivity (Wildman–Crippen MR) is 76.0 cm³/mol. The SMILES string of the molecule is Cc1noc(C)c1S(=O)(=O)Nc1ccc(CCN)cc1. The second kappa shape index (κ2) is 5.64. The molecular weight excluding hydrogens is 278 g/mol. The molecule has 2 aromatic rings. The van der Waals surface area contributed by atoms with E-state index in [0.29, 0.717) is 17.9 Å². The lowest BCUT2D eigenvalue weighted by molar-refractivity contribution is 0.390. The first-order chi connectivity index (χ1) is 9.44. The highest BCUT2D eigenvalue weighted by molar-refractivity contribution is 7.92. The van der Waals surface area contributed by atoms with Crippen molar-refractivity contribution in [2.45, 2.75) is 25.2 Å². The highest BCUT2D eigenvalue weighted by Gasteiger charge is 2.24. The van der Waals surface area contributed by atoms with Gasteiger partial charge in [-0.2, -0.15) is 0 Å². The molecule has 0 saturated heterocycles. The van der Waals surface area contributed by atoms with Gasteiger partial charge in [0.2, 0.25) is 0 Å². The van der Waals surface area contributed by atoms with Crippen LogP contribution in [0, 0.1) is 13.8 Å². The van der Waals surface area contributed by atoms with Crippen molar-refractivity contribution in [2.75, 3.05) is 11.3 Å². The molecule has 2 rings (SSSR count). The molecule has 0 aliphatic rings. The zero-order valence-corrected chi connectivity index (χ0v) is 12.2. The van der Waals surface area contributed by atoms with E-state index in [4.69, 9.17) is 10.3 Å². The van der Waals surface area contributed by atoms with Gasteiger partial charge in [0.05, 0.1) is 0 Å². The molecule has 0 aliphatic heterocycles. The van der Waals surface area contributed by atoms with Crippen molar-refractivity contribution in [1.82, 2.24) is 5.16 Å². The number of nitrogens with two attached hydrogens (primary N) is 1. The summed E-state index contributed by atoms with van der Waals surface area (Å²) in [6.45, 7) is 3.72. The molecular formula is C13H17N3O3S. The van der Waals surface area contributed by atoms with E-state index in [1.807, 2.05) is 12.1 Å². The van der Waals surface area contributed by atoms with Crippen molar-refractivity contribution in [3.63, 3.8) is 0 Å². The summed E-state index contributed by atoms with van der Waals surface area (Å²) < 4.78 is 32.0. The fourth-order valence-electron chi connectivity index (χ4n) is 1.97. The molecule has 0 spiro atoms. The Hall–Kier alpha value is -1.86. The molecule has 6 nitrogen and oxygen atoms in total. The summed E-state index contributed by atoms with van der Waals surface area (Å²) in [5, 5.41) is 3.65. The highest BCUT2D eigenvalue weighted by atomic mass is 32.2. The van der Waals surface area contributed by atoms with E-state index in [-0.39, 0.29) is 10.7 Å². The highest BCUT2D eigenvalue weighted by Crippen LogP contribution is 2.22. The molecule has 0 saturated carbocycles. The fraction of sp³-hybridized carbons (Fsp3) is 0.308. The van der Waals surface area contributed by atoms with Gasteiger partial charge in [-0.15, -0.1) is 0 Å². The maximum Gasteiger partial charge on any atom is 0.267 e. The average molecular weight is 295 g/mol. The number of aromatic nitrogens is 1. The molecule has 20 heavy (non-hydrogen) atoms. The van der Waals surface area contributed by atoms with Crippen LogP contribution in [0.3, 0.4) is 0 Å². The van der Waals surface area contributed by atoms with Crippen molar-refractivity contribution in [3.8, 4) is 0 Å². The number of benzene rings is 1. The fourth-order valence-corrected chi connectivity index (χ4v) is 3.36. The number of anilines is 1. The van der Waals surface area contributed by atoms with E-state index < -0.39 is 10.0 Å². The zero-order valence-electron chi connectivity index (χ0n) is 11.4. The molecule has 0 radical (unpaired) electrons. The van der Waals surface area contributed by atoms with Gasteiger partial charge in [-0.3, -0.25) is 4.72 Å². The van der Waals surface area contributed by atoms with Crippen LogP contribution in [0.25, 0.3) is 0 Å². The number of sulfonamides is 1. The minimum absolute atomic E-state index is 0.0866. The first-order valence-electron chi connectivity index (χ1n) is 6.19. The number of nitrogens with zero attached hydrogens (tertiary/aromatic N) is 1. The van der Waals surface area contributed by atoms with Gasteiger partial charge < -0.3 is 10.3 Å². The van der Waals surface area contributed by atoms with E-state index >= 15 is 0 Å².